The lowest BCUT2D eigenvalue weighted by Gasteiger charge is -2.16. The molecule has 2 rings (SSSR count). The molecular weight excluding hydrogens is 382 g/mol. The lowest BCUT2D eigenvalue weighted by Crippen LogP contribution is -2.18. The average molecular weight is 412 g/mol. The number of amidine groups is 1. The highest BCUT2D eigenvalue weighted by molar-refractivity contribution is 6.06. The first-order valence-electron chi connectivity index (χ1n) is 9.63. The molecule has 0 spiro atoms. The van der Waals surface area contributed by atoms with E-state index in [9.17, 15) is 4.79 Å². The summed E-state index contributed by atoms with van der Waals surface area (Å²) in [6.45, 7) is 4.48. The van der Waals surface area contributed by atoms with Crippen molar-refractivity contribution in [3.63, 3.8) is 0 Å². The number of ether oxygens (including phenoxy) is 3. The molecule has 2 aromatic rings. The molecule has 0 aliphatic rings. The van der Waals surface area contributed by atoms with Crippen molar-refractivity contribution in [3.8, 4) is 11.5 Å². The Morgan fingerprint density at radius 1 is 1.20 bits per heavy atom. The van der Waals surface area contributed by atoms with Gasteiger partial charge in [-0.15, -0.1) is 0 Å². The van der Waals surface area contributed by atoms with Crippen molar-refractivity contribution in [2.75, 3.05) is 20.8 Å². The standard InChI is InChI=1S/C23H29N3O4/c1-16(25-3)10-22(24)26-23(27)19-11-20(29-15-18-8-6-5-7-9-18)13-21(12-19)30-17(2)14-28-4/h5-13,17,25H,14-15H2,1-4H3,(H2,24,26,27)/b16-10-. The van der Waals surface area contributed by atoms with Gasteiger partial charge >= 0.3 is 0 Å². The molecule has 0 radical (unpaired) electrons. The lowest BCUT2D eigenvalue weighted by atomic mass is 10.2. The first-order valence-corrected chi connectivity index (χ1v) is 9.63. The lowest BCUT2D eigenvalue weighted by molar-refractivity contribution is 0.0913. The molecule has 160 valence electrons. The summed E-state index contributed by atoms with van der Waals surface area (Å²) in [5, 5.41) is 2.93. The topological polar surface area (TPSA) is 95.2 Å². The predicted octanol–water partition coefficient (Wildman–Crippen LogP) is 3.30. The van der Waals surface area contributed by atoms with Gasteiger partial charge in [-0.25, -0.2) is 0 Å². The molecule has 1 unspecified atom stereocenters. The van der Waals surface area contributed by atoms with Crippen LogP contribution in [0, 0.1) is 0 Å². The molecule has 30 heavy (non-hydrogen) atoms. The number of carbonyl (C=O) groups is 1. The van der Waals surface area contributed by atoms with Crippen LogP contribution >= 0.6 is 0 Å². The maximum absolute atomic E-state index is 12.7. The van der Waals surface area contributed by atoms with E-state index >= 15 is 0 Å². The van der Waals surface area contributed by atoms with Crippen LogP contribution in [0.4, 0.5) is 0 Å². The molecule has 1 amide bonds. The molecule has 0 bridgehead atoms. The molecule has 0 aliphatic heterocycles. The summed E-state index contributed by atoms with van der Waals surface area (Å²) in [6, 6.07) is 14.8. The third-order valence-electron chi connectivity index (χ3n) is 4.10. The molecule has 7 nitrogen and oxygen atoms in total. The minimum Gasteiger partial charge on any atom is -0.489 e. The number of benzene rings is 2. The van der Waals surface area contributed by atoms with Crippen molar-refractivity contribution in [2.45, 2.75) is 26.6 Å². The van der Waals surface area contributed by atoms with Gasteiger partial charge in [0.25, 0.3) is 5.91 Å². The predicted molar refractivity (Wildman–Crippen MR) is 118 cm³/mol. The van der Waals surface area contributed by atoms with Crippen molar-refractivity contribution < 1.29 is 19.0 Å². The Balaban J connectivity index is 2.28. The number of amides is 1. The number of hydrogen-bond donors (Lipinski definition) is 2. The maximum Gasteiger partial charge on any atom is 0.279 e. The Morgan fingerprint density at radius 3 is 2.57 bits per heavy atom. The first kappa shape index (κ1) is 23.0. The summed E-state index contributed by atoms with van der Waals surface area (Å²) in [5.74, 6) is 0.615. The highest BCUT2D eigenvalue weighted by atomic mass is 16.5. The zero-order valence-electron chi connectivity index (χ0n) is 17.8. The van der Waals surface area contributed by atoms with Crippen LogP contribution in [0.1, 0.15) is 29.8 Å². The molecule has 0 fully saturated rings. The molecule has 0 aliphatic carbocycles. The van der Waals surface area contributed by atoms with E-state index in [2.05, 4.69) is 10.3 Å². The van der Waals surface area contributed by atoms with Crippen molar-refractivity contribution in [3.05, 3.63) is 71.4 Å². The van der Waals surface area contributed by atoms with Crippen LogP contribution in [-0.4, -0.2) is 38.6 Å². The number of rotatable bonds is 10. The van der Waals surface area contributed by atoms with Gasteiger partial charge in [-0.05, 0) is 37.6 Å². The third-order valence-corrected chi connectivity index (χ3v) is 4.10. The van der Waals surface area contributed by atoms with E-state index in [1.165, 1.54) is 0 Å². The molecule has 7 heteroatoms. The second-order valence-electron chi connectivity index (χ2n) is 6.77. The van der Waals surface area contributed by atoms with Gasteiger partial charge in [-0.2, -0.15) is 4.99 Å². The highest BCUT2D eigenvalue weighted by Gasteiger charge is 2.13. The number of nitrogens with two attached hydrogens (primary N) is 1. The van der Waals surface area contributed by atoms with Gasteiger partial charge in [0, 0.05) is 31.5 Å². The quantitative estimate of drug-likeness (QED) is 0.460. The summed E-state index contributed by atoms with van der Waals surface area (Å²) >= 11 is 0. The van der Waals surface area contributed by atoms with E-state index < -0.39 is 5.91 Å². The summed E-state index contributed by atoms with van der Waals surface area (Å²) < 4.78 is 16.9. The van der Waals surface area contributed by atoms with Crippen LogP contribution < -0.4 is 20.5 Å². The fourth-order valence-electron chi connectivity index (χ4n) is 2.60. The molecule has 0 saturated heterocycles. The van der Waals surface area contributed by atoms with Gasteiger partial charge in [0.15, 0.2) is 0 Å². The van der Waals surface area contributed by atoms with Crippen molar-refractivity contribution in [1.29, 1.82) is 0 Å². The maximum atomic E-state index is 12.7. The van der Waals surface area contributed by atoms with Gasteiger partial charge < -0.3 is 25.3 Å². The first-order chi connectivity index (χ1) is 14.4. The van der Waals surface area contributed by atoms with Crippen molar-refractivity contribution >= 4 is 11.7 Å². The molecule has 0 aromatic heterocycles. The number of aliphatic imine (C=N–C) groups is 1. The van der Waals surface area contributed by atoms with Gasteiger partial charge in [0.1, 0.15) is 30.0 Å². The number of nitrogens with zero attached hydrogens (tertiary/aromatic N) is 1. The van der Waals surface area contributed by atoms with Crippen molar-refractivity contribution in [2.24, 2.45) is 10.7 Å². The minimum absolute atomic E-state index is 0.109. The largest absolute Gasteiger partial charge is 0.489 e. The van der Waals surface area contributed by atoms with E-state index in [0.717, 1.165) is 11.3 Å². The Kier molecular flexibility index (Phi) is 8.90. The van der Waals surface area contributed by atoms with E-state index in [0.29, 0.717) is 30.3 Å². The zero-order chi connectivity index (χ0) is 21.9. The van der Waals surface area contributed by atoms with Crippen LogP contribution in [0.5, 0.6) is 11.5 Å². The second-order valence-corrected chi connectivity index (χ2v) is 6.77. The number of carbonyl (C=O) groups excluding carboxylic acids is 1. The minimum atomic E-state index is -0.484. The number of methoxy groups -OCH3 is 1. The van der Waals surface area contributed by atoms with E-state index in [1.54, 1.807) is 38.4 Å². The summed E-state index contributed by atoms with van der Waals surface area (Å²) in [5.41, 5.74) is 7.98. The van der Waals surface area contributed by atoms with Gasteiger partial charge in [-0.3, -0.25) is 4.79 Å². The Bertz CT molecular complexity index is 895. The average Bonchev–Trinajstić information content (AvgIpc) is 2.72. The van der Waals surface area contributed by atoms with E-state index in [4.69, 9.17) is 19.9 Å². The summed E-state index contributed by atoms with van der Waals surface area (Å²) in [7, 11) is 3.37. The smallest absolute Gasteiger partial charge is 0.279 e. The Labute approximate surface area is 177 Å². The van der Waals surface area contributed by atoms with Gasteiger partial charge in [-0.1, -0.05) is 30.3 Å². The monoisotopic (exact) mass is 411 g/mol. The normalized spacial score (nSPS) is 12.9. The Morgan fingerprint density at radius 2 is 1.90 bits per heavy atom. The van der Waals surface area contributed by atoms with Crippen LogP contribution in [-0.2, 0) is 11.3 Å². The molecule has 2 aromatic carbocycles. The SMILES string of the molecule is CN/C(C)=C\C(N)=NC(=O)c1cc(OCc2ccccc2)cc(OC(C)COC)c1. The summed E-state index contributed by atoms with van der Waals surface area (Å²) in [6.07, 6.45) is 1.39. The fourth-order valence-corrected chi connectivity index (χ4v) is 2.60. The third kappa shape index (κ3) is 7.60. The molecule has 0 heterocycles. The summed E-state index contributed by atoms with van der Waals surface area (Å²) in [4.78, 5) is 16.6. The second kappa shape index (κ2) is 11.6. The van der Waals surface area contributed by atoms with Crippen molar-refractivity contribution in [1.82, 2.24) is 5.32 Å². The van der Waals surface area contributed by atoms with E-state index in [-0.39, 0.29) is 11.9 Å². The number of nitrogens with one attached hydrogen (secondary N) is 1. The van der Waals surface area contributed by atoms with Gasteiger partial charge in [0.05, 0.1) is 6.61 Å². The van der Waals surface area contributed by atoms with Crippen LogP contribution in [0.3, 0.4) is 0 Å². The fraction of sp³-hybridized carbons (Fsp3) is 0.304. The molecule has 0 saturated carbocycles. The number of hydrogen-bond acceptors (Lipinski definition) is 5. The van der Waals surface area contributed by atoms with Crippen LogP contribution in [0.15, 0.2) is 65.3 Å². The number of allylic oxidation sites excluding steroid dienone is 1. The molecule has 3 N–H and O–H groups in total. The Hall–Kier alpha value is -3.32. The van der Waals surface area contributed by atoms with Gasteiger partial charge in [0.2, 0.25) is 0 Å². The molecular formula is C23H29N3O4. The van der Waals surface area contributed by atoms with Crippen LogP contribution in [0.25, 0.3) is 0 Å². The van der Waals surface area contributed by atoms with Crippen LogP contribution in [0.2, 0.25) is 0 Å². The van der Waals surface area contributed by atoms with E-state index in [1.807, 2.05) is 44.2 Å². The zero-order valence-corrected chi connectivity index (χ0v) is 17.8. The highest BCUT2D eigenvalue weighted by Crippen LogP contribution is 2.25. The molecule has 1 atom stereocenters.